The van der Waals surface area contributed by atoms with Gasteiger partial charge in [-0.2, -0.15) is 0 Å². The van der Waals surface area contributed by atoms with E-state index in [1.165, 1.54) is 24.9 Å². The molecule has 0 bridgehead atoms. The van der Waals surface area contributed by atoms with Gasteiger partial charge in [0, 0.05) is 6.20 Å². The molecule has 0 aliphatic heterocycles. The number of amides is 2. The van der Waals surface area contributed by atoms with Crippen LogP contribution in [-0.4, -0.2) is 29.6 Å². The van der Waals surface area contributed by atoms with Gasteiger partial charge < -0.3 is 10.5 Å². The van der Waals surface area contributed by atoms with E-state index in [4.69, 9.17) is 5.73 Å². The van der Waals surface area contributed by atoms with Gasteiger partial charge in [0.15, 0.2) is 5.78 Å². The summed E-state index contributed by atoms with van der Waals surface area (Å²) in [7, 11) is 1.21. The molecule has 0 aromatic carbocycles. The van der Waals surface area contributed by atoms with Gasteiger partial charge in [0.1, 0.15) is 0 Å². The number of rotatable bonds is 3. The predicted molar refractivity (Wildman–Crippen MR) is 59.5 cm³/mol. The van der Waals surface area contributed by atoms with Crippen LogP contribution >= 0.6 is 0 Å². The van der Waals surface area contributed by atoms with Crippen molar-refractivity contribution in [3.05, 3.63) is 23.0 Å². The minimum atomic E-state index is -0.797. The van der Waals surface area contributed by atoms with Gasteiger partial charge >= 0.3 is 12.0 Å². The summed E-state index contributed by atoms with van der Waals surface area (Å²) in [5, 5.41) is 0. The third-order valence-corrected chi connectivity index (χ3v) is 2.25. The number of methoxy groups -OCH3 is 1. The molecule has 2 amide bonds. The lowest BCUT2D eigenvalue weighted by Gasteiger charge is -2.05. The molecule has 17 heavy (non-hydrogen) atoms. The monoisotopic (exact) mass is 239 g/mol. The van der Waals surface area contributed by atoms with Crippen LogP contribution in [0.5, 0.6) is 0 Å². The SMILES string of the molecule is COC(=O)c1c(C(C)=O)cn(NC(N)=O)c1C. The third kappa shape index (κ3) is 2.44. The molecule has 3 N–H and O–H groups in total. The van der Waals surface area contributed by atoms with Crippen LogP contribution in [0.4, 0.5) is 4.79 Å². The fraction of sp³-hybridized carbons (Fsp3) is 0.300. The largest absolute Gasteiger partial charge is 0.465 e. The highest BCUT2D eigenvalue weighted by atomic mass is 16.5. The van der Waals surface area contributed by atoms with E-state index in [2.05, 4.69) is 10.2 Å². The average molecular weight is 239 g/mol. The normalized spacial score (nSPS) is 9.82. The Labute approximate surface area is 97.5 Å². The molecule has 1 aromatic rings. The van der Waals surface area contributed by atoms with Crippen LogP contribution in [0.2, 0.25) is 0 Å². The van der Waals surface area contributed by atoms with Crippen LogP contribution in [0, 0.1) is 6.92 Å². The van der Waals surface area contributed by atoms with E-state index < -0.39 is 12.0 Å². The van der Waals surface area contributed by atoms with Crippen LogP contribution < -0.4 is 11.2 Å². The van der Waals surface area contributed by atoms with Crippen molar-refractivity contribution in [1.29, 1.82) is 0 Å². The van der Waals surface area contributed by atoms with Gasteiger partial charge in [-0.1, -0.05) is 0 Å². The van der Waals surface area contributed by atoms with E-state index >= 15 is 0 Å². The van der Waals surface area contributed by atoms with E-state index in [1.54, 1.807) is 6.92 Å². The molecule has 0 fully saturated rings. The minimum Gasteiger partial charge on any atom is -0.465 e. The Balaban J connectivity index is 3.35. The zero-order valence-corrected chi connectivity index (χ0v) is 9.73. The number of ketones is 1. The lowest BCUT2D eigenvalue weighted by atomic mass is 10.1. The van der Waals surface area contributed by atoms with Gasteiger partial charge in [-0.25, -0.2) is 15.0 Å². The molecule has 0 unspecified atom stereocenters. The highest BCUT2D eigenvalue weighted by molar-refractivity contribution is 6.06. The van der Waals surface area contributed by atoms with E-state index in [9.17, 15) is 14.4 Å². The van der Waals surface area contributed by atoms with Crippen molar-refractivity contribution >= 4 is 17.8 Å². The van der Waals surface area contributed by atoms with Gasteiger partial charge in [0.25, 0.3) is 0 Å². The Morgan fingerprint density at radius 2 is 2.00 bits per heavy atom. The van der Waals surface area contributed by atoms with E-state index in [1.807, 2.05) is 0 Å². The van der Waals surface area contributed by atoms with Crippen molar-refractivity contribution in [3.63, 3.8) is 0 Å². The zero-order valence-electron chi connectivity index (χ0n) is 9.73. The molecule has 0 radical (unpaired) electrons. The van der Waals surface area contributed by atoms with Crippen LogP contribution in [0.3, 0.4) is 0 Å². The van der Waals surface area contributed by atoms with E-state index in [0.29, 0.717) is 5.69 Å². The Morgan fingerprint density at radius 1 is 1.41 bits per heavy atom. The number of Topliss-reactive ketones (excluding diaryl/α,β-unsaturated/α-hetero) is 1. The Kier molecular flexibility index (Phi) is 3.52. The average Bonchev–Trinajstić information content (AvgIpc) is 2.55. The van der Waals surface area contributed by atoms with Crippen LogP contribution in [-0.2, 0) is 4.74 Å². The number of primary amides is 1. The first kappa shape index (κ1) is 12.8. The van der Waals surface area contributed by atoms with E-state index in [-0.39, 0.29) is 16.9 Å². The maximum Gasteiger partial charge on any atom is 0.340 e. The number of nitrogens with zero attached hydrogens (tertiary/aromatic N) is 1. The van der Waals surface area contributed by atoms with Crippen molar-refractivity contribution in [2.24, 2.45) is 5.73 Å². The number of nitrogens with one attached hydrogen (secondary N) is 1. The zero-order chi connectivity index (χ0) is 13.2. The topological polar surface area (TPSA) is 103 Å². The van der Waals surface area contributed by atoms with Gasteiger partial charge in [0.05, 0.1) is 23.9 Å². The molecular weight excluding hydrogens is 226 g/mol. The Morgan fingerprint density at radius 3 is 2.41 bits per heavy atom. The molecular formula is C10H13N3O4. The number of ether oxygens (including phenoxy) is 1. The standard InChI is InChI=1S/C10H13N3O4/c1-5-8(9(15)17-3)7(6(2)14)4-13(5)12-10(11)16/h4H,1-3H3,(H3,11,12,16). The lowest BCUT2D eigenvalue weighted by Crippen LogP contribution is -2.28. The number of urea groups is 1. The van der Waals surface area contributed by atoms with Crippen molar-refractivity contribution in [2.45, 2.75) is 13.8 Å². The maximum atomic E-state index is 11.5. The van der Waals surface area contributed by atoms with Crippen LogP contribution in [0.1, 0.15) is 33.3 Å². The summed E-state index contributed by atoms with van der Waals surface area (Å²) >= 11 is 0. The molecule has 7 heteroatoms. The van der Waals surface area contributed by atoms with Gasteiger partial charge in [-0.05, 0) is 13.8 Å². The lowest BCUT2D eigenvalue weighted by molar-refractivity contribution is 0.0596. The number of aromatic nitrogens is 1. The molecule has 1 aromatic heterocycles. The first-order valence-electron chi connectivity index (χ1n) is 4.76. The second-order valence-electron chi connectivity index (χ2n) is 3.40. The van der Waals surface area contributed by atoms with Crippen molar-refractivity contribution in [1.82, 2.24) is 4.68 Å². The summed E-state index contributed by atoms with van der Waals surface area (Å²) in [6.07, 6.45) is 1.33. The number of carbonyl (C=O) groups is 3. The van der Waals surface area contributed by atoms with Crippen LogP contribution in [0.15, 0.2) is 6.20 Å². The minimum absolute atomic E-state index is 0.119. The molecule has 0 spiro atoms. The second-order valence-corrected chi connectivity index (χ2v) is 3.40. The van der Waals surface area contributed by atoms with Gasteiger partial charge in [-0.15, -0.1) is 0 Å². The number of carbonyl (C=O) groups excluding carboxylic acids is 3. The quantitative estimate of drug-likeness (QED) is 0.588. The predicted octanol–water partition coefficient (Wildman–Crippen LogP) is 0.408. The van der Waals surface area contributed by atoms with Gasteiger partial charge in [-0.3, -0.25) is 9.47 Å². The third-order valence-electron chi connectivity index (χ3n) is 2.25. The fourth-order valence-corrected chi connectivity index (χ4v) is 1.47. The molecule has 1 rings (SSSR count). The van der Waals surface area contributed by atoms with Crippen molar-refractivity contribution < 1.29 is 19.1 Å². The summed E-state index contributed by atoms with van der Waals surface area (Å²) in [5.41, 5.74) is 7.89. The molecule has 0 aliphatic carbocycles. The molecule has 0 atom stereocenters. The Hall–Kier alpha value is -2.31. The number of esters is 1. The number of hydrogen-bond donors (Lipinski definition) is 2. The summed E-state index contributed by atoms with van der Waals surface area (Å²) < 4.78 is 5.79. The smallest absolute Gasteiger partial charge is 0.340 e. The fourth-order valence-electron chi connectivity index (χ4n) is 1.47. The summed E-state index contributed by atoms with van der Waals surface area (Å²) in [4.78, 5) is 33.6. The first-order valence-corrected chi connectivity index (χ1v) is 4.76. The van der Waals surface area contributed by atoms with Crippen molar-refractivity contribution in [3.8, 4) is 0 Å². The van der Waals surface area contributed by atoms with E-state index in [0.717, 1.165) is 0 Å². The first-order chi connectivity index (χ1) is 7.88. The summed E-state index contributed by atoms with van der Waals surface area (Å²) in [6, 6.07) is -0.797. The Bertz CT molecular complexity index is 490. The summed E-state index contributed by atoms with van der Waals surface area (Å²) in [5.74, 6) is -0.948. The van der Waals surface area contributed by atoms with Crippen LogP contribution in [0.25, 0.3) is 0 Å². The van der Waals surface area contributed by atoms with Gasteiger partial charge in [0.2, 0.25) is 0 Å². The van der Waals surface area contributed by atoms with Crippen molar-refractivity contribution in [2.75, 3.05) is 12.5 Å². The molecule has 7 nitrogen and oxygen atoms in total. The number of nitrogens with two attached hydrogens (primary N) is 1. The molecule has 92 valence electrons. The maximum absolute atomic E-state index is 11.5. The molecule has 0 aliphatic rings. The highest BCUT2D eigenvalue weighted by Crippen LogP contribution is 2.17. The molecule has 0 saturated carbocycles. The summed E-state index contributed by atoms with van der Waals surface area (Å²) in [6.45, 7) is 2.88. The molecule has 1 heterocycles. The number of hydrogen-bond acceptors (Lipinski definition) is 4. The highest BCUT2D eigenvalue weighted by Gasteiger charge is 2.22. The molecule has 0 saturated heterocycles. The second kappa shape index (κ2) is 4.69.